The highest BCUT2D eigenvalue weighted by Gasteiger charge is 2.10. The van der Waals surface area contributed by atoms with Gasteiger partial charge < -0.3 is 11.1 Å². The number of carbonyl (C=O) groups is 1. The molecule has 0 aliphatic carbocycles. The summed E-state index contributed by atoms with van der Waals surface area (Å²) >= 11 is 1.57. The van der Waals surface area contributed by atoms with Crippen LogP contribution in [0.2, 0.25) is 0 Å². The van der Waals surface area contributed by atoms with Gasteiger partial charge in [0.05, 0.1) is 5.56 Å². The van der Waals surface area contributed by atoms with Crippen LogP contribution in [0.4, 0.5) is 0 Å². The summed E-state index contributed by atoms with van der Waals surface area (Å²) in [6.45, 7) is 2.53. The third kappa shape index (κ3) is 3.54. The van der Waals surface area contributed by atoms with E-state index in [1.807, 2.05) is 37.4 Å². The van der Waals surface area contributed by atoms with Gasteiger partial charge in [-0.15, -0.1) is 11.8 Å². The van der Waals surface area contributed by atoms with Gasteiger partial charge in [0.25, 0.3) is 5.91 Å². The van der Waals surface area contributed by atoms with E-state index >= 15 is 0 Å². The van der Waals surface area contributed by atoms with Crippen LogP contribution in [-0.2, 0) is 0 Å². The summed E-state index contributed by atoms with van der Waals surface area (Å²) in [7, 11) is 0. The number of benzene rings is 1. The predicted octanol–water partition coefficient (Wildman–Crippen LogP) is 1.88. The molecule has 0 heterocycles. The van der Waals surface area contributed by atoms with E-state index in [-0.39, 0.29) is 11.9 Å². The fourth-order valence-corrected chi connectivity index (χ4v) is 1.89. The number of thioether (sulfide) groups is 1. The van der Waals surface area contributed by atoms with Gasteiger partial charge in [-0.2, -0.15) is 0 Å². The van der Waals surface area contributed by atoms with Crippen LogP contribution in [0.15, 0.2) is 29.2 Å². The first kappa shape index (κ1) is 13.1. The van der Waals surface area contributed by atoms with Crippen molar-refractivity contribution >= 4 is 17.7 Å². The van der Waals surface area contributed by atoms with Crippen molar-refractivity contribution in [3.05, 3.63) is 29.8 Å². The third-order valence-electron chi connectivity index (χ3n) is 2.40. The third-order valence-corrected chi connectivity index (χ3v) is 3.20. The second-order valence-corrected chi connectivity index (χ2v) is 4.43. The minimum absolute atomic E-state index is 0.0328. The van der Waals surface area contributed by atoms with Gasteiger partial charge in [0, 0.05) is 17.5 Å². The van der Waals surface area contributed by atoms with Crippen LogP contribution in [0, 0.1) is 0 Å². The van der Waals surface area contributed by atoms with Gasteiger partial charge in [0.15, 0.2) is 0 Å². The Hall–Kier alpha value is -1.00. The van der Waals surface area contributed by atoms with Crippen LogP contribution in [0.1, 0.15) is 23.7 Å². The van der Waals surface area contributed by atoms with Gasteiger partial charge >= 0.3 is 0 Å². The minimum Gasteiger partial charge on any atom is -0.350 e. The Balaban J connectivity index is 2.65. The molecule has 1 aromatic carbocycles. The molecule has 4 heteroatoms. The zero-order valence-electron chi connectivity index (χ0n) is 9.69. The maximum Gasteiger partial charge on any atom is 0.252 e. The van der Waals surface area contributed by atoms with E-state index in [2.05, 4.69) is 5.32 Å². The normalized spacial score (nSPS) is 12.2. The maximum atomic E-state index is 11.9. The second kappa shape index (κ2) is 6.55. The zero-order valence-corrected chi connectivity index (χ0v) is 10.5. The van der Waals surface area contributed by atoms with Crippen LogP contribution in [0.3, 0.4) is 0 Å². The number of hydrogen-bond acceptors (Lipinski definition) is 3. The fraction of sp³-hybridized carbons (Fsp3) is 0.417. The van der Waals surface area contributed by atoms with E-state index in [1.54, 1.807) is 11.8 Å². The summed E-state index contributed by atoms with van der Waals surface area (Å²) < 4.78 is 0. The van der Waals surface area contributed by atoms with Crippen molar-refractivity contribution in [1.29, 1.82) is 0 Å². The Labute approximate surface area is 101 Å². The summed E-state index contributed by atoms with van der Waals surface area (Å²) in [4.78, 5) is 12.9. The number of nitrogens with two attached hydrogens (primary N) is 1. The van der Waals surface area contributed by atoms with E-state index in [0.29, 0.717) is 6.54 Å². The summed E-state index contributed by atoms with van der Waals surface area (Å²) in [5, 5.41) is 2.85. The summed E-state index contributed by atoms with van der Waals surface area (Å²) in [6.07, 6.45) is 2.83. The summed E-state index contributed by atoms with van der Waals surface area (Å²) in [5.74, 6) is -0.0474. The molecule has 0 saturated carbocycles. The average molecular weight is 238 g/mol. The van der Waals surface area contributed by atoms with Gasteiger partial charge in [-0.05, 0) is 24.8 Å². The number of nitrogens with one attached hydrogen (secondary N) is 1. The van der Waals surface area contributed by atoms with Crippen molar-refractivity contribution in [2.24, 2.45) is 5.73 Å². The summed E-state index contributed by atoms with van der Waals surface area (Å²) in [5.41, 5.74) is 6.47. The van der Waals surface area contributed by atoms with Crippen LogP contribution >= 0.6 is 11.8 Å². The second-order valence-electron chi connectivity index (χ2n) is 3.58. The Kier molecular flexibility index (Phi) is 5.35. The number of amides is 1. The Bertz CT molecular complexity index is 355. The quantitative estimate of drug-likeness (QED) is 0.770. The standard InChI is InChI=1S/C12H18N2OS/c1-3-9(13)8-14-12(15)10-6-4-5-7-11(10)16-2/h4-7,9H,3,8,13H2,1-2H3,(H,14,15). The average Bonchev–Trinajstić information content (AvgIpc) is 2.35. The number of carbonyl (C=O) groups excluding carboxylic acids is 1. The molecule has 0 bridgehead atoms. The highest BCUT2D eigenvalue weighted by molar-refractivity contribution is 7.98. The van der Waals surface area contributed by atoms with Crippen LogP contribution in [0.5, 0.6) is 0 Å². The smallest absolute Gasteiger partial charge is 0.252 e. The topological polar surface area (TPSA) is 55.1 Å². The Morgan fingerprint density at radius 3 is 2.81 bits per heavy atom. The van der Waals surface area contributed by atoms with Crippen molar-refractivity contribution in [3.63, 3.8) is 0 Å². The lowest BCUT2D eigenvalue weighted by molar-refractivity contribution is 0.0948. The van der Waals surface area contributed by atoms with Gasteiger partial charge in [0.1, 0.15) is 0 Å². The number of rotatable bonds is 5. The van der Waals surface area contributed by atoms with Crippen molar-refractivity contribution in [2.45, 2.75) is 24.3 Å². The van der Waals surface area contributed by atoms with Crippen molar-refractivity contribution in [3.8, 4) is 0 Å². The van der Waals surface area contributed by atoms with Gasteiger partial charge in [-0.25, -0.2) is 0 Å². The van der Waals surface area contributed by atoms with Crippen molar-refractivity contribution in [2.75, 3.05) is 12.8 Å². The van der Waals surface area contributed by atoms with Crippen molar-refractivity contribution < 1.29 is 4.79 Å². The van der Waals surface area contributed by atoms with Gasteiger partial charge in [-0.1, -0.05) is 19.1 Å². The monoisotopic (exact) mass is 238 g/mol. The highest BCUT2D eigenvalue weighted by Crippen LogP contribution is 2.19. The number of hydrogen-bond donors (Lipinski definition) is 2. The molecule has 3 N–H and O–H groups in total. The lowest BCUT2D eigenvalue weighted by Gasteiger charge is -2.11. The summed E-state index contributed by atoms with van der Waals surface area (Å²) in [6, 6.07) is 7.61. The first-order valence-electron chi connectivity index (χ1n) is 5.35. The Morgan fingerprint density at radius 2 is 2.19 bits per heavy atom. The molecule has 16 heavy (non-hydrogen) atoms. The molecule has 1 amide bonds. The minimum atomic E-state index is -0.0474. The van der Waals surface area contributed by atoms with Crippen molar-refractivity contribution in [1.82, 2.24) is 5.32 Å². The SMILES string of the molecule is CCC(N)CNC(=O)c1ccccc1SC. The van der Waals surface area contributed by atoms with Gasteiger partial charge in [-0.3, -0.25) is 4.79 Å². The Morgan fingerprint density at radius 1 is 1.50 bits per heavy atom. The van der Waals surface area contributed by atoms with Crippen LogP contribution < -0.4 is 11.1 Å². The molecule has 0 aliphatic rings. The molecule has 0 spiro atoms. The van der Waals surface area contributed by atoms with E-state index in [4.69, 9.17) is 5.73 Å². The molecule has 0 fully saturated rings. The van der Waals surface area contributed by atoms with Crippen LogP contribution in [-0.4, -0.2) is 24.7 Å². The fourth-order valence-electron chi connectivity index (χ4n) is 1.30. The lowest BCUT2D eigenvalue weighted by atomic mass is 10.2. The molecule has 0 saturated heterocycles. The zero-order chi connectivity index (χ0) is 12.0. The van der Waals surface area contributed by atoms with E-state index in [0.717, 1.165) is 16.9 Å². The van der Waals surface area contributed by atoms with E-state index in [1.165, 1.54) is 0 Å². The molecule has 0 aliphatic heterocycles. The molecule has 1 unspecified atom stereocenters. The highest BCUT2D eigenvalue weighted by atomic mass is 32.2. The predicted molar refractivity (Wildman–Crippen MR) is 68.8 cm³/mol. The molecule has 3 nitrogen and oxygen atoms in total. The molecular formula is C12H18N2OS. The largest absolute Gasteiger partial charge is 0.350 e. The van der Waals surface area contributed by atoms with E-state index in [9.17, 15) is 4.79 Å². The molecule has 0 aromatic heterocycles. The molecule has 88 valence electrons. The first-order valence-corrected chi connectivity index (χ1v) is 6.58. The van der Waals surface area contributed by atoms with Crippen LogP contribution in [0.25, 0.3) is 0 Å². The molecule has 1 rings (SSSR count). The molecular weight excluding hydrogens is 220 g/mol. The molecule has 0 radical (unpaired) electrons. The van der Waals surface area contributed by atoms with Gasteiger partial charge in [0.2, 0.25) is 0 Å². The molecule has 1 aromatic rings. The first-order chi connectivity index (χ1) is 7.69. The lowest BCUT2D eigenvalue weighted by Crippen LogP contribution is -2.36. The maximum absolute atomic E-state index is 11.9. The van der Waals surface area contributed by atoms with E-state index < -0.39 is 0 Å². The molecule has 1 atom stereocenters.